The highest BCUT2D eigenvalue weighted by atomic mass is 32.2. The summed E-state index contributed by atoms with van der Waals surface area (Å²) in [5.74, 6) is 0.827. The summed E-state index contributed by atoms with van der Waals surface area (Å²) >= 11 is 1.69. The summed E-state index contributed by atoms with van der Waals surface area (Å²) in [6, 6.07) is 10.2. The number of aryl methyl sites for hydroxylation is 1. The van der Waals surface area contributed by atoms with E-state index in [9.17, 15) is 0 Å². The Hall–Kier alpha value is -1.62. The minimum Gasteiger partial charge on any atom is -0.191 e. The van der Waals surface area contributed by atoms with Crippen LogP contribution in [0.4, 0.5) is 0 Å². The fraction of sp³-hybridized carbons (Fsp3) is 0.250. The van der Waals surface area contributed by atoms with Crippen molar-refractivity contribution in [1.82, 2.24) is 14.9 Å². The molecule has 1 aromatic heterocycles. The van der Waals surface area contributed by atoms with Crippen LogP contribution in [0.1, 0.15) is 18.3 Å². The molecule has 0 saturated carbocycles. The van der Waals surface area contributed by atoms with Gasteiger partial charge >= 0.3 is 0 Å². The third-order valence-electron chi connectivity index (χ3n) is 2.71. The highest BCUT2D eigenvalue weighted by Crippen LogP contribution is 2.29. The lowest BCUT2D eigenvalue weighted by Gasteiger charge is -2.19. The monoisotopic (exact) mass is 244 g/mol. The number of nitrogens with zero attached hydrogens (tertiary/aromatic N) is 4. The Morgan fingerprint density at radius 3 is 2.71 bits per heavy atom. The van der Waals surface area contributed by atoms with Crippen LogP contribution in [0.2, 0.25) is 0 Å². The van der Waals surface area contributed by atoms with Gasteiger partial charge in [-0.3, -0.25) is 0 Å². The first-order chi connectivity index (χ1) is 8.25. The third-order valence-corrected chi connectivity index (χ3v) is 3.75. The number of rotatable bonds is 1. The first-order valence-electron chi connectivity index (χ1n) is 5.48. The smallest absolute Gasteiger partial charge is 0.191 e. The number of fused-ring (bicyclic) bond motifs is 1. The van der Waals surface area contributed by atoms with E-state index >= 15 is 0 Å². The van der Waals surface area contributed by atoms with E-state index in [2.05, 4.69) is 34.4 Å². The topological polar surface area (TPSA) is 43.1 Å². The molecule has 0 saturated heterocycles. The maximum absolute atomic E-state index is 4.64. The zero-order valence-corrected chi connectivity index (χ0v) is 10.5. The largest absolute Gasteiger partial charge is 0.212 e. The molecule has 1 aliphatic rings. The van der Waals surface area contributed by atoms with Crippen molar-refractivity contribution < 1.29 is 0 Å². The molecule has 0 bridgehead atoms. The highest BCUT2D eigenvalue weighted by Gasteiger charge is 2.24. The van der Waals surface area contributed by atoms with Gasteiger partial charge in [-0.15, -0.1) is 10.2 Å². The maximum Gasteiger partial charge on any atom is 0.212 e. The Bertz CT molecular complexity index is 573. The van der Waals surface area contributed by atoms with Crippen LogP contribution in [-0.2, 0) is 0 Å². The second-order valence-electron chi connectivity index (χ2n) is 3.95. The molecule has 0 radical (unpaired) electrons. The minimum absolute atomic E-state index is 0.300. The van der Waals surface area contributed by atoms with Crippen molar-refractivity contribution in [3.8, 4) is 0 Å². The van der Waals surface area contributed by atoms with Gasteiger partial charge in [0.2, 0.25) is 5.16 Å². The predicted octanol–water partition coefficient (Wildman–Crippen LogP) is 2.33. The number of aromatic nitrogens is 3. The maximum atomic E-state index is 4.64. The summed E-state index contributed by atoms with van der Waals surface area (Å²) in [6.07, 6.45) is 0. The molecule has 17 heavy (non-hydrogen) atoms. The van der Waals surface area contributed by atoms with E-state index in [0.717, 1.165) is 22.3 Å². The zero-order valence-electron chi connectivity index (χ0n) is 9.66. The number of hydrogen-bond acceptors (Lipinski definition) is 4. The molecule has 0 N–H and O–H groups in total. The van der Waals surface area contributed by atoms with E-state index < -0.39 is 0 Å². The summed E-state index contributed by atoms with van der Waals surface area (Å²) in [6.45, 7) is 4.06. The molecule has 4 nitrogen and oxygen atoms in total. The first kappa shape index (κ1) is 10.5. The summed E-state index contributed by atoms with van der Waals surface area (Å²) in [7, 11) is 0. The van der Waals surface area contributed by atoms with Crippen LogP contribution in [0.25, 0.3) is 0 Å². The zero-order chi connectivity index (χ0) is 11.8. The van der Waals surface area contributed by atoms with Gasteiger partial charge in [0.05, 0.1) is 11.0 Å². The molecule has 86 valence electrons. The molecule has 3 rings (SSSR count). The Labute approximate surface area is 104 Å². The summed E-state index contributed by atoms with van der Waals surface area (Å²) in [5.41, 5.74) is 2.23. The van der Waals surface area contributed by atoms with Crippen LogP contribution < -0.4 is 0 Å². The van der Waals surface area contributed by atoms with Crippen molar-refractivity contribution in [3.05, 3.63) is 41.7 Å². The van der Waals surface area contributed by atoms with Crippen molar-refractivity contribution in [2.75, 3.05) is 0 Å². The normalized spacial score (nSPS) is 18.7. The average molecular weight is 244 g/mol. The molecule has 1 aliphatic heterocycles. The van der Waals surface area contributed by atoms with E-state index in [0.29, 0.717) is 5.25 Å². The van der Waals surface area contributed by atoms with Gasteiger partial charge in [0.15, 0.2) is 5.82 Å². The van der Waals surface area contributed by atoms with Gasteiger partial charge in [-0.1, -0.05) is 42.1 Å². The Balaban J connectivity index is 2.12. The van der Waals surface area contributed by atoms with E-state index in [1.165, 1.54) is 0 Å². The van der Waals surface area contributed by atoms with Gasteiger partial charge in [0.1, 0.15) is 0 Å². The molecule has 0 spiro atoms. The second-order valence-corrected chi connectivity index (χ2v) is 5.26. The molecule has 2 aromatic rings. The Kier molecular flexibility index (Phi) is 2.48. The van der Waals surface area contributed by atoms with Crippen LogP contribution in [0.3, 0.4) is 0 Å². The number of hydrogen-bond donors (Lipinski definition) is 0. The molecule has 1 unspecified atom stereocenters. The Morgan fingerprint density at radius 2 is 1.94 bits per heavy atom. The van der Waals surface area contributed by atoms with E-state index in [1.807, 2.05) is 29.8 Å². The fourth-order valence-electron chi connectivity index (χ4n) is 1.83. The minimum atomic E-state index is 0.300. The molecular weight excluding hydrogens is 232 g/mol. The van der Waals surface area contributed by atoms with E-state index in [1.54, 1.807) is 11.8 Å². The quantitative estimate of drug-likeness (QED) is 0.773. The van der Waals surface area contributed by atoms with Crippen LogP contribution in [0.5, 0.6) is 0 Å². The van der Waals surface area contributed by atoms with Crippen LogP contribution in [-0.4, -0.2) is 25.8 Å². The van der Waals surface area contributed by atoms with E-state index in [-0.39, 0.29) is 0 Å². The van der Waals surface area contributed by atoms with Gasteiger partial charge in [-0.05, 0) is 19.4 Å². The number of benzene rings is 1. The highest BCUT2D eigenvalue weighted by molar-refractivity contribution is 8.00. The van der Waals surface area contributed by atoms with Crippen molar-refractivity contribution in [1.29, 1.82) is 0 Å². The molecule has 1 aromatic carbocycles. The van der Waals surface area contributed by atoms with Crippen LogP contribution in [0, 0.1) is 6.92 Å². The van der Waals surface area contributed by atoms with Crippen molar-refractivity contribution >= 4 is 17.5 Å². The molecule has 1 atom stereocenters. The van der Waals surface area contributed by atoms with Gasteiger partial charge in [-0.25, -0.2) is 0 Å². The van der Waals surface area contributed by atoms with Crippen molar-refractivity contribution in [2.45, 2.75) is 24.3 Å². The molecular formula is C12H12N4S. The predicted molar refractivity (Wildman–Crippen MR) is 68.5 cm³/mol. The average Bonchev–Trinajstić information content (AvgIpc) is 2.70. The summed E-state index contributed by atoms with van der Waals surface area (Å²) in [5, 5.41) is 14.0. The van der Waals surface area contributed by atoms with Crippen molar-refractivity contribution in [3.63, 3.8) is 0 Å². The lowest BCUT2D eigenvalue weighted by molar-refractivity contribution is 0.727. The molecule has 0 aliphatic carbocycles. The standard InChI is InChI=1S/C12H12N4S/c1-8-11(10-6-4-3-5-7-10)15-16-9(2)13-14-12(16)17-8/h3-8H,1-2H3. The summed E-state index contributed by atoms with van der Waals surface area (Å²) < 4.78 is 1.81. The van der Waals surface area contributed by atoms with Gasteiger partial charge in [-0.2, -0.15) is 9.78 Å². The lowest BCUT2D eigenvalue weighted by atomic mass is 10.1. The van der Waals surface area contributed by atoms with Gasteiger partial charge < -0.3 is 0 Å². The molecule has 5 heteroatoms. The second kappa shape index (κ2) is 4.00. The van der Waals surface area contributed by atoms with Crippen LogP contribution >= 0.6 is 11.8 Å². The first-order valence-corrected chi connectivity index (χ1v) is 6.36. The molecule has 0 fully saturated rings. The van der Waals surface area contributed by atoms with Gasteiger partial charge in [0.25, 0.3) is 0 Å². The van der Waals surface area contributed by atoms with E-state index in [4.69, 9.17) is 0 Å². The fourth-order valence-corrected chi connectivity index (χ4v) is 2.80. The molecule has 2 heterocycles. The number of thioether (sulfide) groups is 1. The van der Waals surface area contributed by atoms with Crippen LogP contribution in [0.15, 0.2) is 40.6 Å². The Morgan fingerprint density at radius 1 is 1.18 bits per heavy atom. The van der Waals surface area contributed by atoms with Gasteiger partial charge in [0, 0.05) is 0 Å². The molecule has 0 amide bonds. The SMILES string of the molecule is Cc1nnc2n1N=C(c1ccccc1)C(C)S2. The lowest BCUT2D eigenvalue weighted by Crippen LogP contribution is -2.21. The third kappa shape index (κ3) is 1.76. The summed E-state index contributed by atoms with van der Waals surface area (Å²) in [4.78, 5) is 0. The van der Waals surface area contributed by atoms with Crippen molar-refractivity contribution in [2.24, 2.45) is 5.10 Å².